The van der Waals surface area contributed by atoms with Gasteiger partial charge in [-0.05, 0) is 23.8 Å². The van der Waals surface area contributed by atoms with Gasteiger partial charge < -0.3 is 10.2 Å². The van der Waals surface area contributed by atoms with E-state index in [-0.39, 0.29) is 0 Å². The molecule has 0 saturated carbocycles. The lowest BCUT2D eigenvalue weighted by Gasteiger charge is -2.19. The minimum absolute atomic E-state index is 0.621. The molecule has 16 heavy (non-hydrogen) atoms. The van der Waals surface area contributed by atoms with Crippen molar-refractivity contribution in [2.24, 2.45) is 0 Å². The van der Waals surface area contributed by atoms with Crippen LogP contribution in [0.15, 0.2) is 24.3 Å². The van der Waals surface area contributed by atoms with Gasteiger partial charge in [0.25, 0.3) is 5.95 Å². The molecule has 0 radical (unpaired) electrons. The summed E-state index contributed by atoms with van der Waals surface area (Å²) in [6.45, 7) is 1.86. The fourth-order valence-corrected chi connectivity index (χ4v) is 1.92. The maximum atomic E-state index is 4.03. The van der Waals surface area contributed by atoms with Crippen LogP contribution in [0.5, 0.6) is 0 Å². The molecule has 0 unspecified atom stereocenters. The molecule has 82 valence electrons. The zero-order valence-corrected chi connectivity index (χ0v) is 8.72. The second-order valence-corrected chi connectivity index (χ2v) is 3.66. The van der Waals surface area contributed by atoms with Gasteiger partial charge >= 0.3 is 0 Å². The average Bonchev–Trinajstić information content (AvgIpc) is 2.76. The van der Waals surface area contributed by atoms with Crippen LogP contribution in [-0.2, 0) is 0 Å². The Bertz CT molecular complexity index is 466. The summed E-state index contributed by atoms with van der Waals surface area (Å²) in [4.78, 5) is 2.07. The molecular formula is C10H12N6. The number of nitrogens with zero attached hydrogens (tertiary/aromatic N) is 4. The van der Waals surface area contributed by atoms with E-state index < -0.39 is 0 Å². The number of hydrogen-bond acceptors (Lipinski definition) is 5. The molecule has 6 heteroatoms. The Morgan fingerprint density at radius 3 is 3.06 bits per heavy atom. The fraction of sp³-hybridized carbons (Fsp3) is 0.300. The molecule has 0 atom stereocenters. The van der Waals surface area contributed by atoms with Crippen molar-refractivity contribution in [3.8, 4) is 0 Å². The van der Waals surface area contributed by atoms with E-state index in [9.17, 15) is 0 Å². The van der Waals surface area contributed by atoms with E-state index in [0.717, 1.165) is 30.9 Å². The third kappa shape index (κ3) is 1.48. The van der Waals surface area contributed by atoms with E-state index in [2.05, 4.69) is 43.0 Å². The van der Waals surface area contributed by atoms with Crippen LogP contribution in [0.2, 0.25) is 0 Å². The van der Waals surface area contributed by atoms with Crippen LogP contribution in [0.1, 0.15) is 6.42 Å². The van der Waals surface area contributed by atoms with Crippen molar-refractivity contribution in [2.75, 3.05) is 23.3 Å². The summed E-state index contributed by atoms with van der Waals surface area (Å²) in [7, 11) is 0. The number of aromatic amines is 1. The average molecular weight is 216 g/mol. The molecule has 2 N–H and O–H groups in total. The summed E-state index contributed by atoms with van der Waals surface area (Å²) in [5.74, 6) is 0.621. The van der Waals surface area contributed by atoms with Crippen molar-refractivity contribution < 1.29 is 0 Å². The van der Waals surface area contributed by atoms with E-state index in [1.54, 1.807) is 0 Å². The largest absolute Gasteiger partial charge is 0.383 e. The quantitative estimate of drug-likeness (QED) is 0.748. The Kier molecular flexibility index (Phi) is 2.17. The van der Waals surface area contributed by atoms with Gasteiger partial charge in [0, 0.05) is 13.1 Å². The predicted molar refractivity (Wildman–Crippen MR) is 60.7 cm³/mol. The number of para-hydroxylation sites is 2. The van der Waals surface area contributed by atoms with Crippen molar-refractivity contribution in [3.05, 3.63) is 24.3 Å². The Morgan fingerprint density at radius 1 is 1.25 bits per heavy atom. The number of fused-ring (bicyclic) bond motifs is 1. The van der Waals surface area contributed by atoms with Crippen molar-refractivity contribution in [2.45, 2.75) is 6.42 Å². The van der Waals surface area contributed by atoms with Gasteiger partial charge in [0.1, 0.15) is 0 Å². The first-order chi connectivity index (χ1) is 7.95. The molecule has 1 aliphatic rings. The SMILES string of the molecule is c1ccc2c(c1)NCCCN2c1nn[nH]n1. The second kappa shape index (κ2) is 3.80. The number of tetrazole rings is 1. The van der Waals surface area contributed by atoms with Crippen molar-refractivity contribution in [1.29, 1.82) is 0 Å². The van der Waals surface area contributed by atoms with Gasteiger partial charge in [-0.25, -0.2) is 0 Å². The molecular weight excluding hydrogens is 204 g/mol. The number of benzene rings is 1. The fourth-order valence-electron chi connectivity index (χ4n) is 1.92. The minimum Gasteiger partial charge on any atom is -0.383 e. The summed E-state index contributed by atoms with van der Waals surface area (Å²) >= 11 is 0. The number of rotatable bonds is 1. The highest BCUT2D eigenvalue weighted by Crippen LogP contribution is 2.31. The van der Waals surface area contributed by atoms with Crippen LogP contribution in [0.3, 0.4) is 0 Å². The molecule has 2 aromatic rings. The highest BCUT2D eigenvalue weighted by atomic mass is 15.5. The Hall–Kier alpha value is -2.11. The van der Waals surface area contributed by atoms with Gasteiger partial charge in [0.15, 0.2) is 0 Å². The summed E-state index contributed by atoms with van der Waals surface area (Å²) < 4.78 is 0. The van der Waals surface area contributed by atoms with Gasteiger partial charge in [-0.15, -0.1) is 5.10 Å². The maximum Gasteiger partial charge on any atom is 0.270 e. The van der Waals surface area contributed by atoms with Crippen LogP contribution in [-0.4, -0.2) is 33.7 Å². The van der Waals surface area contributed by atoms with E-state index in [4.69, 9.17) is 0 Å². The first kappa shape index (κ1) is 9.14. The first-order valence-corrected chi connectivity index (χ1v) is 5.29. The maximum absolute atomic E-state index is 4.03. The van der Waals surface area contributed by atoms with Crippen molar-refractivity contribution in [3.63, 3.8) is 0 Å². The number of H-pyrrole nitrogens is 1. The molecule has 2 heterocycles. The molecule has 0 spiro atoms. The summed E-state index contributed by atoms with van der Waals surface area (Å²) in [6, 6.07) is 8.15. The summed E-state index contributed by atoms with van der Waals surface area (Å²) in [6.07, 6.45) is 1.04. The van der Waals surface area contributed by atoms with Gasteiger partial charge in [0.05, 0.1) is 11.4 Å². The number of anilines is 3. The van der Waals surface area contributed by atoms with Crippen LogP contribution in [0, 0.1) is 0 Å². The van der Waals surface area contributed by atoms with Crippen molar-refractivity contribution in [1.82, 2.24) is 20.6 Å². The standard InChI is InChI=1S/C10H12N6/c1-2-5-9-8(4-1)11-6-3-7-16(9)10-12-14-15-13-10/h1-2,4-5,11H,3,6-7H2,(H,12,13,14,15). The molecule has 0 amide bonds. The molecule has 0 saturated heterocycles. The lowest BCUT2D eigenvalue weighted by atomic mass is 10.2. The zero-order chi connectivity index (χ0) is 10.8. The molecule has 0 bridgehead atoms. The van der Waals surface area contributed by atoms with Gasteiger partial charge in [0.2, 0.25) is 0 Å². The molecule has 3 rings (SSSR count). The first-order valence-electron chi connectivity index (χ1n) is 5.29. The molecule has 0 aliphatic carbocycles. The zero-order valence-electron chi connectivity index (χ0n) is 8.72. The van der Waals surface area contributed by atoms with Crippen LogP contribution in [0.4, 0.5) is 17.3 Å². The van der Waals surface area contributed by atoms with E-state index in [1.807, 2.05) is 12.1 Å². The van der Waals surface area contributed by atoms with Crippen LogP contribution < -0.4 is 10.2 Å². The van der Waals surface area contributed by atoms with Crippen LogP contribution in [0.25, 0.3) is 0 Å². The Morgan fingerprint density at radius 2 is 2.19 bits per heavy atom. The van der Waals surface area contributed by atoms with Gasteiger partial charge in [-0.3, -0.25) is 0 Å². The summed E-state index contributed by atoms with van der Waals surface area (Å²) in [5.41, 5.74) is 2.21. The highest BCUT2D eigenvalue weighted by Gasteiger charge is 2.18. The van der Waals surface area contributed by atoms with Gasteiger partial charge in [-0.1, -0.05) is 17.2 Å². The third-order valence-corrected chi connectivity index (χ3v) is 2.64. The van der Waals surface area contributed by atoms with Crippen LogP contribution >= 0.6 is 0 Å². The number of aromatic nitrogens is 4. The van der Waals surface area contributed by atoms with E-state index >= 15 is 0 Å². The molecule has 1 aromatic heterocycles. The van der Waals surface area contributed by atoms with E-state index in [0.29, 0.717) is 5.95 Å². The topological polar surface area (TPSA) is 69.7 Å². The Balaban J connectivity index is 2.06. The number of nitrogens with one attached hydrogen (secondary N) is 2. The predicted octanol–water partition coefficient (Wildman–Crippen LogP) is 1.15. The van der Waals surface area contributed by atoms with E-state index in [1.165, 1.54) is 0 Å². The Labute approximate surface area is 92.7 Å². The smallest absolute Gasteiger partial charge is 0.270 e. The molecule has 0 fully saturated rings. The lowest BCUT2D eigenvalue weighted by molar-refractivity contribution is 0.840. The monoisotopic (exact) mass is 216 g/mol. The molecule has 1 aliphatic heterocycles. The molecule has 1 aromatic carbocycles. The second-order valence-electron chi connectivity index (χ2n) is 3.66. The number of hydrogen-bond donors (Lipinski definition) is 2. The van der Waals surface area contributed by atoms with Crippen molar-refractivity contribution >= 4 is 17.3 Å². The minimum atomic E-state index is 0.621. The third-order valence-electron chi connectivity index (χ3n) is 2.64. The van der Waals surface area contributed by atoms with Gasteiger partial charge in [-0.2, -0.15) is 5.21 Å². The highest BCUT2D eigenvalue weighted by molar-refractivity contribution is 5.74. The summed E-state index contributed by atoms with van der Waals surface area (Å²) in [5, 5.41) is 17.5. The normalized spacial score (nSPS) is 15.1. The lowest BCUT2D eigenvalue weighted by Crippen LogP contribution is -2.19. The molecule has 6 nitrogen and oxygen atoms in total.